The number of piperidine rings is 1. The Morgan fingerprint density at radius 1 is 1.15 bits per heavy atom. The maximum absolute atomic E-state index is 14.8. The van der Waals surface area contributed by atoms with Crippen molar-refractivity contribution < 1.29 is 36.2 Å². The lowest BCUT2D eigenvalue weighted by Gasteiger charge is -2.38. The van der Waals surface area contributed by atoms with Crippen molar-refractivity contribution in [2.75, 3.05) is 46.5 Å². The first kappa shape index (κ1) is 31.5. The standard InChI is InChI=1S/C28H42F5N3O3/c1-3-38-12-5-13-39-26(23-15-21(29)16-24(30)25(23)31)20-6-4-11-36(18-20)27(37)35-22(17-34-2)14-19-7-9-28(32,33)10-8-19/h15-16,19-20,22,26,34H,3-14,17-18H2,1-2H3,(H,35,37). The van der Waals surface area contributed by atoms with E-state index in [1.165, 1.54) is 0 Å². The highest BCUT2D eigenvalue weighted by molar-refractivity contribution is 5.74. The van der Waals surface area contributed by atoms with Gasteiger partial charge in [-0.1, -0.05) is 0 Å². The molecule has 6 nitrogen and oxygen atoms in total. The monoisotopic (exact) mass is 563 g/mol. The number of ether oxygens (including phenoxy) is 2. The highest BCUT2D eigenvalue weighted by Crippen LogP contribution is 2.38. The summed E-state index contributed by atoms with van der Waals surface area (Å²) >= 11 is 0. The zero-order valence-corrected chi connectivity index (χ0v) is 22.9. The molecule has 0 radical (unpaired) electrons. The van der Waals surface area contributed by atoms with Crippen LogP contribution in [-0.2, 0) is 9.47 Å². The van der Waals surface area contributed by atoms with Crippen LogP contribution in [0.1, 0.15) is 70.0 Å². The summed E-state index contributed by atoms with van der Waals surface area (Å²) in [6.45, 7) is 4.24. The molecule has 1 saturated heterocycles. The predicted octanol–water partition coefficient (Wildman–Crippen LogP) is 5.81. The van der Waals surface area contributed by atoms with Crippen molar-refractivity contribution in [2.45, 2.75) is 76.4 Å². The number of likely N-dealkylation sites (tertiary alicyclic amines) is 1. The molecule has 1 aromatic rings. The molecule has 2 amide bonds. The fraction of sp³-hybridized carbons (Fsp3) is 0.750. The summed E-state index contributed by atoms with van der Waals surface area (Å²) < 4.78 is 81.4. The lowest BCUT2D eigenvalue weighted by atomic mass is 9.83. The van der Waals surface area contributed by atoms with Crippen molar-refractivity contribution in [2.24, 2.45) is 11.8 Å². The van der Waals surface area contributed by atoms with E-state index in [1.807, 2.05) is 6.92 Å². The maximum atomic E-state index is 14.8. The molecule has 3 unspecified atom stereocenters. The number of hydrogen-bond acceptors (Lipinski definition) is 4. The van der Waals surface area contributed by atoms with Crippen molar-refractivity contribution in [1.29, 1.82) is 0 Å². The number of amides is 2. The summed E-state index contributed by atoms with van der Waals surface area (Å²) in [5, 5.41) is 6.10. The Labute approximate surface area is 228 Å². The highest BCUT2D eigenvalue weighted by Gasteiger charge is 2.37. The normalized spacial score (nSPS) is 21.5. The van der Waals surface area contributed by atoms with Gasteiger partial charge in [0.2, 0.25) is 5.92 Å². The minimum absolute atomic E-state index is 0.109. The van der Waals surface area contributed by atoms with E-state index in [0.29, 0.717) is 70.9 Å². The van der Waals surface area contributed by atoms with E-state index in [-0.39, 0.29) is 55.5 Å². The van der Waals surface area contributed by atoms with E-state index < -0.39 is 29.5 Å². The topological polar surface area (TPSA) is 62.8 Å². The average molecular weight is 564 g/mol. The lowest BCUT2D eigenvalue weighted by Crippen LogP contribution is -2.52. The molecule has 1 aromatic carbocycles. The Hall–Kier alpha value is -1.98. The fourth-order valence-corrected chi connectivity index (χ4v) is 5.66. The van der Waals surface area contributed by atoms with Crippen molar-refractivity contribution >= 4 is 6.03 Å². The molecule has 1 aliphatic heterocycles. The number of alkyl halides is 2. The number of nitrogens with zero attached hydrogens (tertiary/aromatic N) is 1. The summed E-state index contributed by atoms with van der Waals surface area (Å²) in [6, 6.07) is 0.921. The van der Waals surface area contributed by atoms with Crippen LogP contribution < -0.4 is 10.6 Å². The molecule has 39 heavy (non-hydrogen) atoms. The van der Waals surface area contributed by atoms with E-state index >= 15 is 0 Å². The molecule has 2 fully saturated rings. The number of carbonyl (C=O) groups excluding carboxylic acids is 1. The second-order valence-corrected chi connectivity index (χ2v) is 10.7. The number of nitrogens with one attached hydrogen (secondary N) is 2. The quantitative estimate of drug-likeness (QED) is 0.181. The first-order valence-electron chi connectivity index (χ1n) is 14.0. The van der Waals surface area contributed by atoms with Gasteiger partial charge in [0.05, 0.1) is 6.10 Å². The highest BCUT2D eigenvalue weighted by atomic mass is 19.3. The van der Waals surface area contributed by atoms with Gasteiger partial charge in [0.15, 0.2) is 11.6 Å². The SMILES string of the molecule is CCOCCCOC(c1cc(F)cc(F)c1F)C1CCCN(C(=O)NC(CNC)CC2CCC(F)(F)CC2)C1. The van der Waals surface area contributed by atoms with Gasteiger partial charge in [-0.25, -0.2) is 26.7 Å². The Morgan fingerprint density at radius 2 is 1.90 bits per heavy atom. The molecule has 1 aliphatic carbocycles. The van der Waals surface area contributed by atoms with Gasteiger partial charge < -0.3 is 25.0 Å². The summed E-state index contributed by atoms with van der Waals surface area (Å²) in [5.74, 6) is -6.21. The van der Waals surface area contributed by atoms with Crippen LogP contribution in [0.2, 0.25) is 0 Å². The van der Waals surface area contributed by atoms with Crippen LogP contribution in [0.4, 0.5) is 26.7 Å². The molecule has 3 rings (SSSR count). The number of hydrogen-bond donors (Lipinski definition) is 2. The molecule has 2 aliphatic rings. The number of urea groups is 1. The van der Waals surface area contributed by atoms with Crippen LogP contribution in [0, 0.1) is 29.3 Å². The molecule has 1 heterocycles. The Balaban J connectivity index is 1.67. The second kappa shape index (κ2) is 15.1. The fourth-order valence-electron chi connectivity index (χ4n) is 5.66. The van der Waals surface area contributed by atoms with E-state index in [4.69, 9.17) is 9.47 Å². The smallest absolute Gasteiger partial charge is 0.317 e. The zero-order chi connectivity index (χ0) is 28.4. The van der Waals surface area contributed by atoms with E-state index in [1.54, 1.807) is 11.9 Å². The van der Waals surface area contributed by atoms with Gasteiger partial charge in [-0.05, 0) is 64.5 Å². The van der Waals surface area contributed by atoms with Gasteiger partial charge in [-0.2, -0.15) is 0 Å². The van der Waals surface area contributed by atoms with Gasteiger partial charge in [0, 0.05) is 75.9 Å². The molecule has 222 valence electrons. The molecule has 0 aromatic heterocycles. The van der Waals surface area contributed by atoms with Gasteiger partial charge in [0.25, 0.3) is 0 Å². The minimum Gasteiger partial charge on any atom is -0.382 e. The molecule has 0 spiro atoms. The number of carbonyl (C=O) groups is 1. The maximum Gasteiger partial charge on any atom is 0.317 e. The van der Waals surface area contributed by atoms with Crippen molar-refractivity contribution in [3.8, 4) is 0 Å². The summed E-state index contributed by atoms with van der Waals surface area (Å²) in [5.41, 5.74) is -0.196. The third-order valence-corrected chi connectivity index (χ3v) is 7.67. The molecule has 2 N–H and O–H groups in total. The number of likely N-dealkylation sites (N-methyl/N-ethyl adjacent to an activating group) is 1. The van der Waals surface area contributed by atoms with Crippen LogP contribution in [0.5, 0.6) is 0 Å². The van der Waals surface area contributed by atoms with Crippen LogP contribution in [0.3, 0.4) is 0 Å². The average Bonchev–Trinajstić information content (AvgIpc) is 2.90. The van der Waals surface area contributed by atoms with E-state index in [2.05, 4.69) is 10.6 Å². The number of benzene rings is 1. The number of halogens is 5. The first-order valence-corrected chi connectivity index (χ1v) is 14.0. The lowest BCUT2D eigenvalue weighted by molar-refractivity contribution is -0.0473. The molecule has 1 saturated carbocycles. The minimum atomic E-state index is -2.60. The van der Waals surface area contributed by atoms with Crippen molar-refractivity contribution in [3.05, 3.63) is 35.1 Å². The largest absolute Gasteiger partial charge is 0.382 e. The van der Waals surface area contributed by atoms with Gasteiger partial charge in [-0.3, -0.25) is 0 Å². The first-order chi connectivity index (χ1) is 18.6. The molecular weight excluding hydrogens is 521 g/mol. The zero-order valence-electron chi connectivity index (χ0n) is 22.9. The van der Waals surface area contributed by atoms with Gasteiger partial charge in [-0.15, -0.1) is 0 Å². The molecule has 11 heteroatoms. The van der Waals surface area contributed by atoms with Crippen molar-refractivity contribution in [3.63, 3.8) is 0 Å². The summed E-state index contributed by atoms with van der Waals surface area (Å²) in [7, 11) is 1.77. The van der Waals surface area contributed by atoms with Crippen molar-refractivity contribution in [1.82, 2.24) is 15.5 Å². The molecular formula is C28H42F5N3O3. The van der Waals surface area contributed by atoms with Gasteiger partial charge in [0.1, 0.15) is 5.82 Å². The van der Waals surface area contributed by atoms with Crippen LogP contribution >= 0.6 is 0 Å². The number of rotatable bonds is 13. The van der Waals surface area contributed by atoms with Crippen LogP contribution in [0.25, 0.3) is 0 Å². The predicted molar refractivity (Wildman–Crippen MR) is 138 cm³/mol. The third kappa shape index (κ3) is 9.56. The van der Waals surface area contributed by atoms with E-state index in [0.717, 1.165) is 6.07 Å². The Morgan fingerprint density at radius 3 is 2.59 bits per heavy atom. The summed E-state index contributed by atoms with van der Waals surface area (Å²) in [6.07, 6.45) is 1.98. The van der Waals surface area contributed by atoms with Crippen LogP contribution in [0.15, 0.2) is 12.1 Å². The molecule has 0 bridgehead atoms. The Bertz CT molecular complexity index is 913. The van der Waals surface area contributed by atoms with E-state index in [9.17, 15) is 26.7 Å². The molecule has 3 atom stereocenters. The Kier molecular flexibility index (Phi) is 12.2. The second-order valence-electron chi connectivity index (χ2n) is 10.7. The van der Waals surface area contributed by atoms with Gasteiger partial charge >= 0.3 is 6.03 Å². The van der Waals surface area contributed by atoms with Crippen LogP contribution in [-0.4, -0.2) is 69.4 Å². The summed E-state index contributed by atoms with van der Waals surface area (Å²) in [4.78, 5) is 14.9. The third-order valence-electron chi connectivity index (χ3n) is 7.67.